The van der Waals surface area contributed by atoms with E-state index in [1.807, 2.05) is 6.07 Å². The number of para-hydroxylation sites is 1. The Labute approximate surface area is 134 Å². The molecule has 3 rings (SSSR count). The summed E-state index contributed by atoms with van der Waals surface area (Å²) in [6.45, 7) is 1.78. The molecule has 1 spiro atoms. The lowest BCUT2D eigenvalue weighted by Crippen LogP contribution is -2.45. The first-order valence-corrected chi connectivity index (χ1v) is 7.75. The van der Waals surface area contributed by atoms with Crippen LogP contribution in [0.15, 0.2) is 24.3 Å². The summed E-state index contributed by atoms with van der Waals surface area (Å²) < 4.78 is 6.10. The number of fused-ring (bicyclic) bond motifs is 1. The molecule has 0 saturated carbocycles. The number of Topliss-reactive ketones (excluding diaryl/α,β-unsaturated/α-hetero) is 1. The van der Waals surface area contributed by atoms with Crippen LogP contribution in [0.5, 0.6) is 5.75 Å². The van der Waals surface area contributed by atoms with E-state index in [0.717, 1.165) is 0 Å². The van der Waals surface area contributed by atoms with Gasteiger partial charge >= 0.3 is 5.97 Å². The lowest BCUT2D eigenvalue weighted by molar-refractivity contribution is -0.149. The molecule has 2 atom stereocenters. The van der Waals surface area contributed by atoms with Crippen molar-refractivity contribution in [3.63, 3.8) is 0 Å². The molecular formula is C17H19NO5. The number of amides is 1. The SMILES string of the molecule is C[C@@H](C(=O)O)N1CC[C@@]2(CCC1=O)CC(=O)c1ccccc1O2. The second kappa shape index (κ2) is 5.68. The van der Waals surface area contributed by atoms with Crippen LogP contribution in [0.4, 0.5) is 0 Å². The first-order valence-electron chi connectivity index (χ1n) is 7.75. The summed E-state index contributed by atoms with van der Waals surface area (Å²) in [5, 5.41) is 9.14. The Morgan fingerprint density at radius 2 is 2.04 bits per heavy atom. The number of hydrogen-bond acceptors (Lipinski definition) is 4. The van der Waals surface area contributed by atoms with Crippen molar-refractivity contribution >= 4 is 17.7 Å². The van der Waals surface area contributed by atoms with Gasteiger partial charge in [-0.25, -0.2) is 4.79 Å². The molecule has 0 radical (unpaired) electrons. The number of benzene rings is 1. The smallest absolute Gasteiger partial charge is 0.326 e. The molecule has 1 aromatic carbocycles. The average Bonchev–Trinajstić information content (AvgIpc) is 2.67. The molecular weight excluding hydrogens is 298 g/mol. The molecule has 0 unspecified atom stereocenters. The lowest BCUT2D eigenvalue weighted by Gasteiger charge is -2.37. The second-order valence-electron chi connectivity index (χ2n) is 6.23. The van der Waals surface area contributed by atoms with Crippen molar-refractivity contribution in [2.45, 2.75) is 44.2 Å². The lowest BCUT2D eigenvalue weighted by atomic mass is 9.84. The molecule has 1 saturated heterocycles. The zero-order valence-corrected chi connectivity index (χ0v) is 12.9. The Morgan fingerprint density at radius 3 is 2.78 bits per heavy atom. The number of carboxylic acid groups (broad SMARTS) is 1. The predicted octanol–water partition coefficient (Wildman–Crippen LogP) is 1.88. The number of carboxylic acids is 1. The molecule has 1 aromatic rings. The molecule has 6 heteroatoms. The van der Waals surface area contributed by atoms with Gasteiger partial charge in [-0.15, -0.1) is 0 Å². The van der Waals surface area contributed by atoms with Gasteiger partial charge in [0.2, 0.25) is 5.91 Å². The summed E-state index contributed by atoms with van der Waals surface area (Å²) in [7, 11) is 0. The number of carbonyl (C=O) groups is 3. The van der Waals surface area contributed by atoms with E-state index in [1.54, 1.807) is 18.2 Å². The normalized spacial score (nSPS) is 25.5. The highest BCUT2D eigenvalue weighted by Gasteiger charge is 2.44. The van der Waals surface area contributed by atoms with Crippen LogP contribution in [0.2, 0.25) is 0 Å². The Kier molecular flexibility index (Phi) is 3.83. The maximum Gasteiger partial charge on any atom is 0.326 e. The standard InChI is InChI=1S/C17H19NO5/c1-11(16(21)22)18-9-8-17(7-6-15(18)20)10-13(19)12-4-2-3-5-14(12)23-17/h2-5,11H,6-10H2,1H3,(H,21,22)/t11-,17-/m0/s1. The fourth-order valence-electron chi connectivity index (χ4n) is 3.32. The number of ketones is 1. The third-order valence-electron chi connectivity index (χ3n) is 4.74. The van der Waals surface area contributed by atoms with Gasteiger partial charge in [-0.1, -0.05) is 12.1 Å². The number of hydrogen-bond donors (Lipinski definition) is 1. The maximum absolute atomic E-state index is 12.4. The van der Waals surface area contributed by atoms with Gasteiger partial charge in [0.25, 0.3) is 0 Å². The van der Waals surface area contributed by atoms with Gasteiger partial charge < -0.3 is 14.7 Å². The molecule has 1 fully saturated rings. The number of aliphatic carboxylic acids is 1. The number of carbonyl (C=O) groups excluding carboxylic acids is 2. The Hall–Kier alpha value is -2.37. The van der Waals surface area contributed by atoms with Gasteiger partial charge in [-0.05, 0) is 25.5 Å². The Bertz CT molecular complexity index is 671. The van der Waals surface area contributed by atoms with Crippen LogP contribution >= 0.6 is 0 Å². The zero-order valence-electron chi connectivity index (χ0n) is 12.9. The molecule has 23 heavy (non-hydrogen) atoms. The third-order valence-corrected chi connectivity index (χ3v) is 4.74. The number of rotatable bonds is 2. The Morgan fingerprint density at radius 1 is 1.30 bits per heavy atom. The van der Waals surface area contributed by atoms with Gasteiger partial charge in [0.05, 0.1) is 12.0 Å². The van der Waals surface area contributed by atoms with Crippen molar-refractivity contribution in [3.8, 4) is 5.75 Å². The van der Waals surface area contributed by atoms with Crippen LogP contribution in [0.25, 0.3) is 0 Å². The zero-order chi connectivity index (χ0) is 16.6. The molecule has 0 bridgehead atoms. The van der Waals surface area contributed by atoms with Gasteiger partial charge in [-0.2, -0.15) is 0 Å². The van der Waals surface area contributed by atoms with Crippen LogP contribution in [-0.4, -0.2) is 45.9 Å². The van der Waals surface area contributed by atoms with E-state index >= 15 is 0 Å². The minimum atomic E-state index is -1.03. The number of ether oxygens (including phenoxy) is 1. The van der Waals surface area contributed by atoms with E-state index in [1.165, 1.54) is 11.8 Å². The highest BCUT2D eigenvalue weighted by molar-refractivity contribution is 6.00. The van der Waals surface area contributed by atoms with Gasteiger partial charge in [0.1, 0.15) is 17.4 Å². The quantitative estimate of drug-likeness (QED) is 0.900. The minimum Gasteiger partial charge on any atom is -0.486 e. The first-order chi connectivity index (χ1) is 10.9. The molecule has 6 nitrogen and oxygen atoms in total. The van der Waals surface area contributed by atoms with E-state index in [2.05, 4.69) is 0 Å². The first kappa shape index (κ1) is 15.5. The van der Waals surface area contributed by atoms with E-state index in [4.69, 9.17) is 9.84 Å². The van der Waals surface area contributed by atoms with Crippen molar-refractivity contribution in [2.75, 3.05) is 6.54 Å². The summed E-state index contributed by atoms with van der Waals surface area (Å²) >= 11 is 0. The van der Waals surface area contributed by atoms with Crippen LogP contribution in [0, 0.1) is 0 Å². The summed E-state index contributed by atoms with van der Waals surface area (Å²) in [5.41, 5.74) is -0.141. The fraction of sp³-hybridized carbons (Fsp3) is 0.471. The molecule has 2 heterocycles. The molecule has 0 aliphatic carbocycles. The maximum atomic E-state index is 12.4. The molecule has 2 aliphatic heterocycles. The second-order valence-corrected chi connectivity index (χ2v) is 6.23. The van der Waals surface area contributed by atoms with E-state index in [0.29, 0.717) is 24.2 Å². The molecule has 2 aliphatic rings. The fourth-order valence-corrected chi connectivity index (χ4v) is 3.32. The van der Waals surface area contributed by atoms with Crippen molar-refractivity contribution in [1.29, 1.82) is 0 Å². The molecule has 122 valence electrons. The van der Waals surface area contributed by atoms with Crippen LogP contribution in [0.3, 0.4) is 0 Å². The predicted molar refractivity (Wildman–Crippen MR) is 81.4 cm³/mol. The average molecular weight is 317 g/mol. The highest BCUT2D eigenvalue weighted by atomic mass is 16.5. The number of likely N-dealkylation sites (tertiary alicyclic amines) is 1. The largest absolute Gasteiger partial charge is 0.486 e. The van der Waals surface area contributed by atoms with Crippen molar-refractivity contribution in [3.05, 3.63) is 29.8 Å². The molecule has 0 aromatic heterocycles. The van der Waals surface area contributed by atoms with Crippen molar-refractivity contribution in [1.82, 2.24) is 4.90 Å². The van der Waals surface area contributed by atoms with Crippen LogP contribution in [0.1, 0.15) is 43.0 Å². The topological polar surface area (TPSA) is 83.9 Å². The number of nitrogens with zero attached hydrogens (tertiary/aromatic N) is 1. The van der Waals surface area contributed by atoms with Gasteiger partial charge in [0, 0.05) is 19.4 Å². The summed E-state index contributed by atoms with van der Waals surface area (Å²) in [6, 6.07) is 6.24. The van der Waals surface area contributed by atoms with E-state index < -0.39 is 17.6 Å². The summed E-state index contributed by atoms with van der Waals surface area (Å²) in [5.74, 6) is -0.665. The third kappa shape index (κ3) is 2.81. The summed E-state index contributed by atoms with van der Waals surface area (Å²) in [4.78, 5) is 37.2. The van der Waals surface area contributed by atoms with Crippen LogP contribution < -0.4 is 4.74 Å². The van der Waals surface area contributed by atoms with Crippen molar-refractivity contribution in [2.24, 2.45) is 0 Å². The van der Waals surface area contributed by atoms with E-state index in [-0.39, 0.29) is 31.1 Å². The van der Waals surface area contributed by atoms with Crippen molar-refractivity contribution < 1.29 is 24.2 Å². The minimum absolute atomic E-state index is 0.0130. The Balaban J connectivity index is 1.84. The van der Waals surface area contributed by atoms with Gasteiger partial charge in [0.15, 0.2) is 5.78 Å². The molecule has 1 N–H and O–H groups in total. The van der Waals surface area contributed by atoms with E-state index in [9.17, 15) is 14.4 Å². The summed E-state index contributed by atoms with van der Waals surface area (Å²) in [6.07, 6.45) is 1.30. The van der Waals surface area contributed by atoms with Crippen LogP contribution in [-0.2, 0) is 9.59 Å². The monoisotopic (exact) mass is 317 g/mol. The van der Waals surface area contributed by atoms with Gasteiger partial charge in [-0.3, -0.25) is 9.59 Å². The molecule has 1 amide bonds. The highest BCUT2D eigenvalue weighted by Crippen LogP contribution is 2.39.